The molecule has 0 N–H and O–H groups in total. The smallest absolute Gasteiger partial charge is 0.150 e. The van der Waals surface area contributed by atoms with Crippen molar-refractivity contribution in [2.45, 2.75) is 26.2 Å². The summed E-state index contributed by atoms with van der Waals surface area (Å²) in [7, 11) is 0. The van der Waals surface area contributed by atoms with Crippen LogP contribution in [0.5, 0.6) is 5.75 Å². The van der Waals surface area contributed by atoms with E-state index in [1.807, 2.05) is 12.1 Å². The number of rotatable bonds is 10. The summed E-state index contributed by atoms with van der Waals surface area (Å²) < 4.78 is 16.6. The molecule has 4 heteroatoms. The van der Waals surface area contributed by atoms with Crippen molar-refractivity contribution in [3.8, 4) is 5.75 Å². The predicted molar refractivity (Wildman–Crippen MR) is 80.9 cm³/mol. The van der Waals surface area contributed by atoms with Crippen LogP contribution in [-0.4, -0.2) is 39.3 Å². The number of hydrogen-bond acceptors (Lipinski definition) is 4. The minimum atomic E-state index is 0.275. The van der Waals surface area contributed by atoms with Gasteiger partial charge < -0.3 is 14.2 Å². The summed E-state index contributed by atoms with van der Waals surface area (Å²) in [6, 6.07) is 7.16. The van der Waals surface area contributed by atoms with E-state index < -0.39 is 0 Å². The van der Waals surface area contributed by atoms with Crippen molar-refractivity contribution in [3.63, 3.8) is 0 Å². The van der Waals surface area contributed by atoms with Crippen LogP contribution in [0.15, 0.2) is 24.3 Å². The maximum atomic E-state index is 10.5. The second-order valence-electron chi connectivity index (χ2n) is 5.64. The summed E-state index contributed by atoms with van der Waals surface area (Å²) >= 11 is 0. The van der Waals surface area contributed by atoms with Gasteiger partial charge in [0.15, 0.2) is 0 Å². The van der Waals surface area contributed by atoms with Crippen molar-refractivity contribution < 1.29 is 19.0 Å². The van der Waals surface area contributed by atoms with Gasteiger partial charge in [-0.1, -0.05) is 6.92 Å². The van der Waals surface area contributed by atoms with Gasteiger partial charge in [-0.15, -0.1) is 0 Å². The standard InChI is InChI=1S/C17H24O4/c1-2-17(13-20-14-17)12-19-9-3-4-10-21-16-7-5-15(11-18)6-8-16/h5-8,11H,2-4,9-10,12-14H2,1H3. The maximum absolute atomic E-state index is 10.5. The lowest BCUT2D eigenvalue weighted by Crippen LogP contribution is -2.45. The van der Waals surface area contributed by atoms with Gasteiger partial charge >= 0.3 is 0 Å². The molecule has 116 valence electrons. The van der Waals surface area contributed by atoms with Gasteiger partial charge in [0.2, 0.25) is 0 Å². The van der Waals surface area contributed by atoms with E-state index in [2.05, 4.69) is 6.92 Å². The zero-order valence-corrected chi connectivity index (χ0v) is 12.7. The molecule has 0 aliphatic carbocycles. The van der Waals surface area contributed by atoms with E-state index in [4.69, 9.17) is 14.2 Å². The Balaban J connectivity index is 1.50. The Morgan fingerprint density at radius 2 is 1.90 bits per heavy atom. The second kappa shape index (κ2) is 8.15. The van der Waals surface area contributed by atoms with E-state index in [0.29, 0.717) is 12.2 Å². The quantitative estimate of drug-likeness (QED) is 0.491. The first-order chi connectivity index (χ1) is 10.3. The molecule has 1 aromatic rings. The number of ether oxygens (including phenoxy) is 3. The summed E-state index contributed by atoms with van der Waals surface area (Å²) in [5, 5.41) is 0. The molecule has 1 fully saturated rings. The van der Waals surface area contributed by atoms with Crippen LogP contribution in [0.25, 0.3) is 0 Å². The monoisotopic (exact) mass is 292 g/mol. The fourth-order valence-electron chi connectivity index (χ4n) is 2.21. The van der Waals surface area contributed by atoms with E-state index >= 15 is 0 Å². The number of hydrogen-bond donors (Lipinski definition) is 0. The molecule has 0 amide bonds. The lowest BCUT2D eigenvalue weighted by atomic mass is 9.84. The Morgan fingerprint density at radius 1 is 1.19 bits per heavy atom. The number of aldehydes is 1. The summed E-state index contributed by atoms with van der Waals surface area (Å²) in [5.41, 5.74) is 0.942. The Labute approximate surface area is 126 Å². The first-order valence-corrected chi connectivity index (χ1v) is 7.61. The van der Waals surface area contributed by atoms with E-state index in [0.717, 1.165) is 57.7 Å². The van der Waals surface area contributed by atoms with Gasteiger partial charge in [-0.25, -0.2) is 0 Å². The molecule has 1 aromatic carbocycles. The number of unbranched alkanes of at least 4 members (excludes halogenated alkanes) is 1. The Hall–Kier alpha value is -1.39. The van der Waals surface area contributed by atoms with Crippen LogP contribution >= 0.6 is 0 Å². The van der Waals surface area contributed by atoms with Crippen molar-refractivity contribution in [2.75, 3.05) is 33.0 Å². The molecule has 4 nitrogen and oxygen atoms in total. The summed E-state index contributed by atoms with van der Waals surface area (Å²) in [5.74, 6) is 0.804. The molecule has 1 aliphatic rings. The third kappa shape index (κ3) is 4.83. The van der Waals surface area contributed by atoms with Gasteiger partial charge in [0.1, 0.15) is 12.0 Å². The maximum Gasteiger partial charge on any atom is 0.150 e. The van der Waals surface area contributed by atoms with Gasteiger partial charge in [-0.2, -0.15) is 0 Å². The highest BCUT2D eigenvalue weighted by Gasteiger charge is 2.36. The zero-order chi connectivity index (χ0) is 15.0. The van der Waals surface area contributed by atoms with E-state index in [9.17, 15) is 4.79 Å². The van der Waals surface area contributed by atoms with Crippen molar-refractivity contribution in [3.05, 3.63) is 29.8 Å². The van der Waals surface area contributed by atoms with Crippen LogP contribution in [0.2, 0.25) is 0 Å². The van der Waals surface area contributed by atoms with Gasteiger partial charge in [-0.3, -0.25) is 4.79 Å². The van der Waals surface area contributed by atoms with Crippen molar-refractivity contribution >= 4 is 6.29 Å². The molecule has 2 rings (SSSR count). The van der Waals surface area contributed by atoms with Crippen molar-refractivity contribution in [1.82, 2.24) is 0 Å². The molecule has 0 aromatic heterocycles. The molecule has 0 saturated carbocycles. The number of carbonyl (C=O) groups excluding carboxylic acids is 1. The average molecular weight is 292 g/mol. The van der Waals surface area contributed by atoms with Crippen LogP contribution in [-0.2, 0) is 9.47 Å². The molecule has 0 bridgehead atoms. The Bertz CT molecular complexity index is 417. The first kappa shape index (κ1) is 16.0. The molecular weight excluding hydrogens is 268 g/mol. The van der Waals surface area contributed by atoms with Gasteiger partial charge in [-0.05, 0) is 43.5 Å². The van der Waals surface area contributed by atoms with Crippen LogP contribution < -0.4 is 4.74 Å². The average Bonchev–Trinajstić information content (AvgIpc) is 2.49. The minimum absolute atomic E-state index is 0.275. The fourth-order valence-corrected chi connectivity index (χ4v) is 2.21. The topological polar surface area (TPSA) is 44.8 Å². The van der Waals surface area contributed by atoms with Crippen molar-refractivity contribution in [1.29, 1.82) is 0 Å². The minimum Gasteiger partial charge on any atom is -0.494 e. The number of benzene rings is 1. The fraction of sp³-hybridized carbons (Fsp3) is 0.588. The summed E-state index contributed by atoms with van der Waals surface area (Å²) in [4.78, 5) is 10.5. The molecule has 1 aliphatic heterocycles. The summed E-state index contributed by atoms with van der Waals surface area (Å²) in [6.45, 7) is 6.11. The number of carbonyl (C=O) groups is 1. The van der Waals surface area contributed by atoms with Gasteiger partial charge in [0.25, 0.3) is 0 Å². The van der Waals surface area contributed by atoms with Crippen LogP contribution in [0.1, 0.15) is 36.5 Å². The zero-order valence-electron chi connectivity index (χ0n) is 12.7. The normalized spacial score (nSPS) is 16.2. The van der Waals surface area contributed by atoms with E-state index in [1.54, 1.807) is 12.1 Å². The highest BCUT2D eigenvalue weighted by molar-refractivity contribution is 5.74. The van der Waals surface area contributed by atoms with Crippen LogP contribution in [0.4, 0.5) is 0 Å². The van der Waals surface area contributed by atoms with Gasteiger partial charge in [0, 0.05) is 17.6 Å². The largest absolute Gasteiger partial charge is 0.494 e. The SMILES string of the molecule is CCC1(COCCCCOc2ccc(C=O)cc2)COC1. The molecule has 1 saturated heterocycles. The first-order valence-electron chi connectivity index (χ1n) is 7.61. The molecule has 21 heavy (non-hydrogen) atoms. The van der Waals surface area contributed by atoms with E-state index in [1.165, 1.54) is 0 Å². The third-order valence-electron chi connectivity index (χ3n) is 3.94. The molecule has 0 spiro atoms. The van der Waals surface area contributed by atoms with Crippen molar-refractivity contribution in [2.24, 2.45) is 5.41 Å². The molecule has 1 heterocycles. The summed E-state index contributed by atoms with van der Waals surface area (Å²) in [6.07, 6.45) is 3.91. The van der Waals surface area contributed by atoms with Gasteiger partial charge in [0.05, 0.1) is 26.4 Å². The molecular formula is C17H24O4. The highest BCUT2D eigenvalue weighted by atomic mass is 16.5. The highest BCUT2D eigenvalue weighted by Crippen LogP contribution is 2.31. The predicted octanol–water partition coefficient (Wildman–Crippen LogP) is 3.10. The molecule has 0 radical (unpaired) electrons. The lowest BCUT2D eigenvalue weighted by Gasteiger charge is -2.40. The van der Waals surface area contributed by atoms with E-state index in [-0.39, 0.29) is 5.41 Å². The van der Waals surface area contributed by atoms with Crippen LogP contribution in [0.3, 0.4) is 0 Å². The molecule has 0 atom stereocenters. The van der Waals surface area contributed by atoms with Crippen LogP contribution in [0, 0.1) is 5.41 Å². The third-order valence-corrected chi connectivity index (χ3v) is 3.94. The molecule has 0 unspecified atom stereocenters. The Morgan fingerprint density at radius 3 is 2.48 bits per heavy atom. The lowest BCUT2D eigenvalue weighted by molar-refractivity contribution is -0.150. The second-order valence-corrected chi connectivity index (χ2v) is 5.64. The Kier molecular flexibility index (Phi) is 6.21.